The van der Waals surface area contributed by atoms with Crippen LogP contribution in [0.15, 0.2) is 45.7 Å². The van der Waals surface area contributed by atoms with Gasteiger partial charge < -0.3 is 10.2 Å². The molecule has 7 heteroatoms. The van der Waals surface area contributed by atoms with Crippen LogP contribution in [-0.4, -0.2) is 4.21 Å². The van der Waals surface area contributed by atoms with Gasteiger partial charge in [0, 0.05) is 4.90 Å². The molecular formula is C13H12F3NO2S. The minimum atomic E-state index is -4.45. The first-order valence-electron chi connectivity index (χ1n) is 5.73. The summed E-state index contributed by atoms with van der Waals surface area (Å²) >= 11 is 0. The Hall–Kier alpha value is -1.60. The zero-order chi connectivity index (χ0) is 14.8. The molecule has 2 aromatic rings. The number of alkyl halides is 3. The minimum absolute atomic E-state index is 0.0152. The molecular weight excluding hydrogens is 291 g/mol. The molecule has 0 aliphatic carbocycles. The van der Waals surface area contributed by atoms with Gasteiger partial charge in [-0.2, -0.15) is 13.2 Å². The SMILES string of the molecule is NCc1ccc(CS(=O)c2cccc(C(F)(F)F)c2)o1. The van der Waals surface area contributed by atoms with Crippen LogP contribution in [0.1, 0.15) is 17.1 Å². The molecule has 1 heterocycles. The van der Waals surface area contributed by atoms with Crippen LogP contribution < -0.4 is 5.73 Å². The second-order valence-corrected chi connectivity index (χ2v) is 5.54. The van der Waals surface area contributed by atoms with Crippen LogP contribution >= 0.6 is 0 Å². The number of nitrogens with two attached hydrogens (primary N) is 1. The summed E-state index contributed by atoms with van der Waals surface area (Å²) in [5, 5.41) is 0. The topological polar surface area (TPSA) is 56.2 Å². The van der Waals surface area contributed by atoms with Crippen LogP contribution in [0.5, 0.6) is 0 Å². The molecule has 2 N–H and O–H groups in total. The zero-order valence-electron chi connectivity index (χ0n) is 10.3. The van der Waals surface area contributed by atoms with Crippen molar-refractivity contribution < 1.29 is 21.8 Å². The van der Waals surface area contributed by atoms with E-state index in [1.165, 1.54) is 12.1 Å². The Morgan fingerprint density at radius 3 is 2.45 bits per heavy atom. The average molecular weight is 303 g/mol. The number of rotatable bonds is 4. The summed E-state index contributed by atoms with van der Waals surface area (Å²) in [5.41, 5.74) is 4.56. The highest BCUT2D eigenvalue weighted by atomic mass is 32.2. The largest absolute Gasteiger partial charge is 0.464 e. The summed E-state index contributed by atoms with van der Waals surface area (Å²) < 4.78 is 55.1. The van der Waals surface area contributed by atoms with Gasteiger partial charge in [-0.25, -0.2) is 0 Å². The van der Waals surface area contributed by atoms with Crippen LogP contribution in [0.25, 0.3) is 0 Å². The molecule has 0 fully saturated rings. The fraction of sp³-hybridized carbons (Fsp3) is 0.231. The van der Waals surface area contributed by atoms with Crippen molar-refractivity contribution in [3.05, 3.63) is 53.5 Å². The quantitative estimate of drug-likeness (QED) is 0.944. The molecule has 0 aliphatic rings. The highest BCUT2D eigenvalue weighted by Gasteiger charge is 2.30. The lowest BCUT2D eigenvalue weighted by Crippen LogP contribution is -2.06. The fourth-order valence-electron chi connectivity index (χ4n) is 1.64. The fourth-order valence-corrected chi connectivity index (χ4v) is 2.71. The third kappa shape index (κ3) is 3.49. The first-order valence-corrected chi connectivity index (χ1v) is 7.05. The van der Waals surface area contributed by atoms with Crippen molar-refractivity contribution in [2.24, 2.45) is 5.73 Å². The second-order valence-electron chi connectivity index (χ2n) is 4.09. The molecule has 0 aliphatic heterocycles. The molecule has 2 rings (SSSR count). The van der Waals surface area contributed by atoms with Gasteiger partial charge in [0.05, 0.1) is 28.7 Å². The average Bonchev–Trinajstić information content (AvgIpc) is 2.85. The van der Waals surface area contributed by atoms with Crippen molar-refractivity contribution in [2.45, 2.75) is 23.4 Å². The smallest absolute Gasteiger partial charge is 0.416 e. The molecule has 0 amide bonds. The zero-order valence-corrected chi connectivity index (χ0v) is 11.1. The summed E-state index contributed by atoms with van der Waals surface area (Å²) in [6, 6.07) is 7.75. The van der Waals surface area contributed by atoms with Gasteiger partial charge in [-0.3, -0.25) is 4.21 Å². The van der Waals surface area contributed by atoms with E-state index in [0.717, 1.165) is 12.1 Å². The number of hydrogen-bond acceptors (Lipinski definition) is 3. The number of furan rings is 1. The van der Waals surface area contributed by atoms with Gasteiger partial charge in [0.25, 0.3) is 0 Å². The van der Waals surface area contributed by atoms with Crippen molar-refractivity contribution in [3.8, 4) is 0 Å². The Bertz CT molecular complexity index is 622. The van der Waals surface area contributed by atoms with E-state index in [0.29, 0.717) is 11.5 Å². The number of hydrogen-bond donors (Lipinski definition) is 1. The molecule has 1 aromatic carbocycles. The molecule has 0 saturated carbocycles. The minimum Gasteiger partial charge on any atom is -0.464 e. The van der Waals surface area contributed by atoms with Crippen molar-refractivity contribution >= 4 is 10.8 Å². The molecule has 1 aromatic heterocycles. The van der Waals surface area contributed by atoms with Gasteiger partial charge in [0.15, 0.2) is 0 Å². The van der Waals surface area contributed by atoms with Crippen LogP contribution in [0.4, 0.5) is 13.2 Å². The lowest BCUT2D eigenvalue weighted by atomic mass is 10.2. The van der Waals surface area contributed by atoms with Gasteiger partial charge in [0.2, 0.25) is 0 Å². The van der Waals surface area contributed by atoms with Crippen molar-refractivity contribution in [1.82, 2.24) is 0 Å². The lowest BCUT2D eigenvalue weighted by molar-refractivity contribution is -0.137. The summed E-state index contributed by atoms with van der Waals surface area (Å²) in [6.45, 7) is 0.218. The molecule has 20 heavy (non-hydrogen) atoms. The lowest BCUT2D eigenvalue weighted by Gasteiger charge is -2.08. The molecule has 0 radical (unpaired) electrons. The summed E-state index contributed by atoms with van der Waals surface area (Å²) in [7, 11) is -1.60. The van der Waals surface area contributed by atoms with E-state index in [9.17, 15) is 17.4 Å². The van der Waals surface area contributed by atoms with Gasteiger partial charge in [-0.05, 0) is 30.3 Å². The van der Waals surface area contributed by atoms with Crippen LogP contribution in [-0.2, 0) is 29.3 Å². The third-order valence-corrected chi connectivity index (χ3v) is 3.94. The Balaban J connectivity index is 2.17. The third-order valence-electron chi connectivity index (χ3n) is 2.62. The normalized spacial score (nSPS) is 13.4. The van der Waals surface area contributed by atoms with E-state index >= 15 is 0 Å². The summed E-state index contributed by atoms with van der Waals surface area (Å²) in [4.78, 5) is 0.116. The first kappa shape index (κ1) is 14.8. The highest BCUT2D eigenvalue weighted by molar-refractivity contribution is 7.84. The van der Waals surface area contributed by atoms with E-state index < -0.39 is 22.5 Å². The first-order chi connectivity index (χ1) is 9.40. The Labute approximate surface area is 116 Å². The standard InChI is InChI=1S/C13H12F3NO2S/c14-13(15,16)9-2-1-3-12(6-9)20(18)8-11-5-4-10(7-17)19-11/h1-6H,7-8,17H2. The summed E-state index contributed by atoms with van der Waals surface area (Å²) in [6.07, 6.45) is -4.45. The van der Waals surface area contributed by atoms with Crippen molar-refractivity contribution in [1.29, 1.82) is 0 Å². The van der Waals surface area contributed by atoms with E-state index in [2.05, 4.69) is 0 Å². The maximum atomic E-state index is 12.6. The Morgan fingerprint density at radius 2 is 1.85 bits per heavy atom. The second kappa shape index (κ2) is 5.80. The van der Waals surface area contributed by atoms with E-state index in [1.54, 1.807) is 12.1 Å². The van der Waals surface area contributed by atoms with Crippen LogP contribution in [0, 0.1) is 0 Å². The molecule has 0 spiro atoms. The molecule has 0 saturated heterocycles. The van der Waals surface area contributed by atoms with Crippen LogP contribution in [0.2, 0.25) is 0 Å². The predicted molar refractivity (Wildman–Crippen MR) is 68.2 cm³/mol. The monoisotopic (exact) mass is 303 g/mol. The van der Waals surface area contributed by atoms with Crippen molar-refractivity contribution in [2.75, 3.05) is 0 Å². The Morgan fingerprint density at radius 1 is 1.15 bits per heavy atom. The molecule has 1 unspecified atom stereocenters. The van der Waals surface area contributed by atoms with Gasteiger partial charge in [-0.15, -0.1) is 0 Å². The number of benzene rings is 1. The molecule has 0 bridgehead atoms. The maximum Gasteiger partial charge on any atom is 0.416 e. The molecule has 108 valence electrons. The van der Waals surface area contributed by atoms with E-state index in [4.69, 9.17) is 10.2 Å². The van der Waals surface area contributed by atoms with E-state index in [-0.39, 0.29) is 17.2 Å². The maximum absolute atomic E-state index is 12.6. The molecule has 1 atom stereocenters. The van der Waals surface area contributed by atoms with Crippen molar-refractivity contribution in [3.63, 3.8) is 0 Å². The Kier molecular flexibility index (Phi) is 4.29. The van der Waals surface area contributed by atoms with Crippen LogP contribution in [0.3, 0.4) is 0 Å². The molecule has 3 nitrogen and oxygen atoms in total. The number of halogens is 3. The van der Waals surface area contributed by atoms with Gasteiger partial charge in [-0.1, -0.05) is 6.07 Å². The summed E-state index contributed by atoms with van der Waals surface area (Å²) in [5.74, 6) is 0.989. The predicted octanol–water partition coefficient (Wildman–Crippen LogP) is 3.06. The highest BCUT2D eigenvalue weighted by Crippen LogP contribution is 2.30. The van der Waals surface area contributed by atoms with Gasteiger partial charge in [0.1, 0.15) is 11.5 Å². The van der Waals surface area contributed by atoms with Gasteiger partial charge >= 0.3 is 6.18 Å². The van der Waals surface area contributed by atoms with E-state index in [1.807, 2.05) is 0 Å².